The maximum absolute atomic E-state index is 12.5. The molecule has 0 aliphatic carbocycles. The van der Waals surface area contributed by atoms with E-state index in [1.165, 1.54) is 0 Å². The van der Waals surface area contributed by atoms with Crippen LogP contribution in [0.3, 0.4) is 0 Å². The molecular weight excluding hydrogens is 370 g/mol. The molecule has 1 amide bonds. The average Bonchev–Trinajstić information content (AvgIpc) is 3.40. The molecule has 1 aliphatic heterocycles. The number of rotatable bonds is 6. The van der Waals surface area contributed by atoms with Crippen molar-refractivity contribution in [2.24, 2.45) is 0 Å². The first-order valence-corrected chi connectivity index (χ1v) is 9.53. The Morgan fingerprint density at radius 1 is 1.21 bits per heavy atom. The van der Waals surface area contributed by atoms with Gasteiger partial charge in [-0.2, -0.15) is 10.1 Å². The van der Waals surface area contributed by atoms with Crippen LogP contribution in [0, 0.1) is 6.92 Å². The maximum atomic E-state index is 12.5. The van der Waals surface area contributed by atoms with Crippen molar-refractivity contribution in [1.82, 2.24) is 24.6 Å². The molecule has 1 unspecified atom stereocenters. The van der Waals surface area contributed by atoms with E-state index in [1.54, 1.807) is 24.2 Å². The number of carbonyl (C=O) groups excluding carboxylic acids is 1. The number of methoxy groups -OCH3 is 1. The van der Waals surface area contributed by atoms with Gasteiger partial charge in [-0.25, -0.2) is 4.98 Å². The van der Waals surface area contributed by atoms with Gasteiger partial charge in [0.2, 0.25) is 11.8 Å². The Balaban J connectivity index is 1.43. The fraction of sp³-hybridized carbons (Fsp3) is 0.333. The summed E-state index contributed by atoms with van der Waals surface area (Å²) in [6.07, 6.45) is 4.29. The second-order valence-corrected chi connectivity index (χ2v) is 7.01. The zero-order valence-corrected chi connectivity index (χ0v) is 16.5. The molecule has 3 heterocycles. The monoisotopic (exact) mass is 393 g/mol. The Hall–Kier alpha value is -3.42. The molecule has 29 heavy (non-hydrogen) atoms. The lowest BCUT2D eigenvalue weighted by Crippen LogP contribution is -2.32. The molecule has 1 aliphatic rings. The minimum atomic E-state index is 0.0542. The molecule has 3 aromatic rings. The molecule has 0 saturated carbocycles. The van der Waals surface area contributed by atoms with Crippen LogP contribution in [-0.4, -0.2) is 50.8 Å². The Labute approximate surface area is 169 Å². The summed E-state index contributed by atoms with van der Waals surface area (Å²) in [5, 5.41) is 4.10. The zero-order chi connectivity index (χ0) is 20.2. The molecule has 150 valence electrons. The Morgan fingerprint density at radius 3 is 2.72 bits per heavy atom. The Morgan fingerprint density at radius 2 is 2.00 bits per heavy atom. The molecular formula is C21H23N5O3. The van der Waals surface area contributed by atoms with E-state index in [9.17, 15) is 4.79 Å². The van der Waals surface area contributed by atoms with Crippen LogP contribution >= 0.6 is 0 Å². The largest absolute Gasteiger partial charge is 0.497 e. The van der Waals surface area contributed by atoms with Gasteiger partial charge >= 0.3 is 0 Å². The summed E-state index contributed by atoms with van der Waals surface area (Å²) >= 11 is 0. The van der Waals surface area contributed by atoms with E-state index in [2.05, 4.69) is 15.1 Å². The number of amides is 1. The molecule has 8 nitrogen and oxygen atoms in total. The Bertz CT molecular complexity index is 972. The highest BCUT2D eigenvalue weighted by Crippen LogP contribution is 2.28. The number of hydrogen-bond donors (Lipinski definition) is 0. The fourth-order valence-corrected chi connectivity index (χ4v) is 3.39. The van der Waals surface area contributed by atoms with Crippen LogP contribution in [-0.2, 0) is 11.3 Å². The summed E-state index contributed by atoms with van der Waals surface area (Å²) in [5.74, 6) is 2.80. The predicted octanol–water partition coefficient (Wildman–Crippen LogP) is 2.80. The van der Waals surface area contributed by atoms with Crippen LogP contribution in [0.15, 0.2) is 48.8 Å². The molecule has 1 saturated heterocycles. The lowest BCUT2D eigenvalue weighted by Gasteiger charge is -2.16. The van der Waals surface area contributed by atoms with E-state index in [-0.39, 0.29) is 18.4 Å². The number of aromatic nitrogens is 4. The summed E-state index contributed by atoms with van der Waals surface area (Å²) in [6.45, 7) is 3.46. The van der Waals surface area contributed by atoms with Crippen LogP contribution in [0.5, 0.6) is 17.4 Å². The normalized spacial score (nSPS) is 16.1. The third-order valence-corrected chi connectivity index (χ3v) is 4.89. The fourth-order valence-electron chi connectivity index (χ4n) is 3.39. The molecule has 1 atom stereocenters. The summed E-state index contributed by atoms with van der Waals surface area (Å²) in [4.78, 5) is 23.5. The first kappa shape index (κ1) is 18.9. The molecule has 1 aromatic carbocycles. The van der Waals surface area contributed by atoms with E-state index in [1.807, 2.05) is 48.2 Å². The van der Waals surface area contributed by atoms with Gasteiger partial charge in [0, 0.05) is 43.2 Å². The lowest BCUT2D eigenvalue weighted by molar-refractivity contribution is -0.131. The molecule has 4 rings (SSSR count). The van der Waals surface area contributed by atoms with Crippen molar-refractivity contribution in [2.45, 2.75) is 25.8 Å². The minimum absolute atomic E-state index is 0.0542. The van der Waals surface area contributed by atoms with Crippen molar-refractivity contribution in [2.75, 3.05) is 20.2 Å². The highest BCUT2D eigenvalue weighted by molar-refractivity contribution is 5.76. The third-order valence-electron chi connectivity index (χ3n) is 4.89. The quantitative estimate of drug-likeness (QED) is 0.640. The van der Waals surface area contributed by atoms with Crippen molar-refractivity contribution in [3.8, 4) is 17.4 Å². The van der Waals surface area contributed by atoms with Crippen LogP contribution in [0.2, 0.25) is 0 Å². The van der Waals surface area contributed by atoms with Gasteiger partial charge in [0.25, 0.3) is 0 Å². The molecule has 8 heteroatoms. The average molecular weight is 393 g/mol. The number of nitrogens with zero attached hydrogens (tertiary/aromatic N) is 5. The van der Waals surface area contributed by atoms with Crippen molar-refractivity contribution in [3.05, 3.63) is 60.3 Å². The molecule has 0 spiro atoms. The number of carbonyl (C=O) groups is 1. The van der Waals surface area contributed by atoms with Crippen molar-refractivity contribution in [1.29, 1.82) is 0 Å². The predicted molar refractivity (Wildman–Crippen MR) is 106 cm³/mol. The molecule has 1 fully saturated rings. The Kier molecular flexibility index (Phi) is 5.41. The standard InChI is InChI=1S/C21H23N5O3/c1-15-12-19(29-18-6-4-17(28-2)5-7-18)24-21(23-15)16-8-11-25(13-16)20(27)14-26-10-3-9-22-26/h3-7,9-10,12,16H,8,11,13-14H2,1-2H3. The van der Waals surface area contributed by atoms with Gasteiger partial charge in [0.15, 0.2) is 0 Å². The molecule has 0 N–H and O–H groups in total. The van der Waals surface area contributed by atoms with Gasteiger partial charge in [0.1, 0.15) is 23.9 Å². The van der Waals surface area contributed by atoms with Gasteiger partial charge in [0.05, 0.1) is 7.11 Å². The number of likely N-dealkylation sites (tertiary alicyclic amines) is 1. The summed E-state index contributed by atoms with van der Waals surface area (Å²) < 4.78 is 12.7. The van der Waals surface area contributed by atoms with Crippen molar-refractivity contribution >= 4 is 5.91 Å². The SMILES string of the molecule is COc1ccc(Oc2cc(C)nc(C3CCN(C(=O)Cn4cccn4)C3)n2)cc1. The van der Waals surface area contributed by atoms with E-state index < -0.39 is 0 Å². The van der Waals surface area contributed by atoms with Crippen LogP contribution in [0.4, 0.5) is 0 Å². The second-order valence-electron chi connectivity index (χ2n) is 7.01. The van der Waals surface area contributed by atoms with Crippen LogP contribution in [0.25, 0.3) is 0 Å². The number of hydrogen-bond acceptors (Lipinski definition) is 6. The highest BCUT2D eigenvalue weighted by atomic mass is 16.5. The van der Waals surface area contributed by atoms with Gasteiger partial charge in [-0.1, -0.05) is 0 Å². The van der Waals surface area contributed by atoms with Gasteiger partial charge < -0.3 is 14.4 Å². The van der Waals surface area contributed by atoms with E-state index in [0.717, 1.165) is 17.9 Å². The zero-order valence-electron chi connectivity index (χ0n) is 16.5. The first-order valence-electron chi connectivity index (χ1n) is 9.53. The summed E-state index contributed by atoms with van der Waals surface area (Å²) in [6, 6.07) is 11.0. The van der Waals surface area contributed by atoms with Crippen molar-refractivity contribution < 1.29 is 14.3 Å². The van der Waals surface area contributed by atoms with Gasteiger partial charge in [-0.05, 0) is 43.7 Å². The van der Waals surface area contributed by atoms with Crippen LogP contribution < -0.4 is 9.47 Å². The van der Waals surface area contributed by atoms with Crippen LogP contribution in [0.1, 0.15) is 23.9 Å². The minimum Gasteiger partial charge on any atom is -0.497 e. The maximum Gasteiger partial charge on any atom is 0.244 e. The van der Waals surface area contributed by atoms with E-state index in [0.29, 0.717) is 30.5 Å². The van der Waals surface area contributed by atoms with Gasteiger partial charge in [-0.15, -0.1) is 0 Å². The summed E-state index contributed by atoms with van der Waals surface area (Å²) in [5.41, 5.74) is 0.833. The van der Waals surface area contributed by atoms with E-state index in [4.69, 9.17) is 9.47 Å². The molecule has 0 bridgehead atoms. The topological polar surface area (TPSA) is 82.4 Å². The lowest BCUT2D eigenvalue weighted by atomic mass is 10.1. The van der Waals surface area contributed by atoms with Crippen molar-refractivity contribution in [3.63, 3.8) is 0 Å². The highest BCUT2D eigenvalue weighted by Gasteiger charge is 2.29. The molecule has 2 aromatic heterocycles. The number of ether oxygens (including phenoxy) is 2. The third kappa shape index (κ3) is 4.53. The smallest absolute Gasteiger partial charge is 0.244 e. The van der Waals surface area contributed by atoms with Gasteiger partial charge in [-0.3, -0.25) is 9.48 Å². The number of benzene rings is 1. The van der Waals surface area contributed by atoms with E-state index >= 15 is 0 Å². The number of aryl methyl sites for hydroxylation is 1. The second kappa shape index (κ2) is 8.30. The summed E-state index contributed by atoms with van der Waals surface area (Å²) in [7, 11) is 1.63. The first-order chi connectivity index (χ1) is 14.1. The molecule has 0 radical (unpaired) electrons.